The van der Waals surface area contributed by atoms with Gasteiger partial charge in [0.15, 0.2) is 0 Å². The number of aromatic nitrogens is 1. The number of nitrogens with zero attached hydrogens (tertiary/aromatic N) is 1. The van der Waals surface area contributed by atoms with Crippen molar-refractivity contribution in [3.05, 3.63) is 53.2 Å². The van der Waals surface area contributed by atoms with E-state index in [1.54, 1.807) is 12.1 Å². The lowest BCUT2D eigenvalue weighted by atomic mass is 10.00. The summed E-state index contributed by atoms with van der Waals surface area (Å²) in [5, 5.41) is 5.94. The summed E-state index contributed by atoms with van der Waals surface area (Å²) in [6, 6.07) is 6.77. The fraction of sp³-hybridized carbons (Fsp3) is 0.455. The number of alkyl halides is 3. The first-order valence-corrected chi connectivity index (χ1v) is 10.2. The number of pyridine rings is 1. The fourth-order valence-electron chi connectivity index (χ4n) is 3.67. The Bertz CT molecular complexity index is 907. The maximum atomic E-state index is 12.9. The van der Waals surface area contributed by atoms with E-state index < -0.39 is 11.7 Å². The zero-order valence-electron chi connectivity index (χ0n) is 16.5. The van der Waals surface area contributed by atoms with Gasteiger partial charge in [-0.3, -0.25) is 4.79 Å². The molecule has 0 unspecified atom stereocenters. The van der Waals surface area contributed by atoms with Crippen LogP contribution in [0.4, 0.5) is 24.7 Å². The third kappa shape index (κ3) is 5.11. The van der Waals surface area contributed by atoms with E-state index >= 15 is 0 Å². The van der Waals surface area contributed by atoms with Crippen molar-refractivity contribution in [2.24, 2.45) is 5.92 Å². The minimum absolute atomic E-state index is 0.151. The van der Waals surface area contributed by atoms with E-state index in [9.17, 15) is 18.0 Å². The molecule has 0 spiro atoms. The van der Waals surface area contributed by atoms with Gasteiger partial charge in [-0.25, -0.2) is 4.98 Å². The zero-order chi connectivity index (χ0) is 21.1. The van der Waals surface area contributed by atoms with Crippen LogP contribution in [0.2, 0.25) is 0 Å². The summed E-state index contributed by atoms with van der Waals surface area (Å²) in [5.74, 6) is 0.986. The molecule has 5 nitrogen and oxygen atoms in total. The second-order valence-corrected chi connectivity index (χ2v) is 7.90. The van der Waals surface area contributed by atoms with Crippen molar-refractivity contribution in [1.82, 2.24) is 10.3 Å². The first-order chi connectivity index (χ1) is 14.4. The molecule has 1 aliphatic heterocycles. The topological polar surface area (TPSA) is 63.2 Å². The third-order valence-corrected chi connectivity index (χ3v) is 5.55. The zero-order valence-corrected chi connectivity index (χ0v) is 16.5. The number of carbonyl (C=O) groups is 1. The molecule has 1 aromatic heterocycles. The summed E-state index contributed by atoms with van der Waals surface area (Å²) < 4.78 is 44.2. The minimum atomic E-state index is -4.41. The van der Waals surface area contributed by atoms with Crippen molar-refractivity contribution in [2.45, 2.75) is 37.8 Å². The molecule has 0 radical (unpaired) electrons. The van der Waals surface area contributed by atoms with Crippen molar-refractivity contribution in [1.29, 1.82) is 0 Å². The van der Waals surface area contributed by atoms with Gasteiger partial charge in [-0.05, 0) is 67.3 Å². The van der Waals surface area contributed by atoms with Crippen molar-refractivity contribution in [2.75, 3.05) is 25.1 Å². The predicted octanol–water partition coefficient (Wildman–Crippen LogP) is 4.88. The van der Waals surface area contributed by atoms with Crippen LogP contribution < -0.4 is 10.6 Å². The molecule has 0 atom stereocenters. The van der Waals surface area contributed by atoms with Gasteiger partial charge in [0.1, 0.15) is 5.82 Å². The summed E-state index contributed by atoms with van der Waals surface area (Å²) in [6.07, 6.45) is 0.974. The molecule has 2 N–H and O–H groups in total. The number of carbonyl (C=O) groups excluding carboxylic acids is 1. The molecule has 1 aromatic carbocycles. The van der Waals surface area contributed by atoms with Gasteiger partial charge in [0.25, 0.3) is 5.91 Å². The molecule has 2 aliphatic rings. The smallest absolute Gasteiger partial charge is 0.381 e. The summed E-state index contributed by atoms with van der Waals surface area (Å²) in [7, 11) is 0. The van der Waals surface area contributed by atoms with Gasteiger partial charge < -0.3 is 15.4 Å². The molecule has 1 saturated carbocycles. The van der Waals surface area contributed by atoms with Gasteiger partial charge in [-0.15, -0.1) is 0 Å². The predicted molar refractivity (Wildman–Crippen MR) is 107 cm³/mol. The molecule has 1 amide bonds. The van der Waals surface area contributed by atoms with Crippen molar-refractivity contribution in [3.8, 4) is 0 Å². The molecule has 1 saturated heterocycles. The van der Waals surface area contributed by atoms with E-state index in [1.807, 2.05) is 0 Å². The van der Waals surface area contributed by atoms with E-state index in [0.29, 0.717) is 35.4 Å². The quantitative estimate of drug-likeness (QED) is 0.701. The van der Waals surface area contributed by atoms with Gasteiger partial charge >= 0.3 is 6.18 Å². The summed E-state index contributed by atoms with van der Waals surface area (Å²) in [5.41, 5.74) is 1.01. The molecule has 2 heterocycles. The molecule has 2 aromatic rings. The Hall–Kier alpha value is -2.61. The number of rotatable bonds is 6. The van der Waals surface area contributed by atoms with Crippen LogP contribution in [-0.2, 0) is 10.9 Å². The molecule has 2 fully saturated rings. The Balaban J connectivity index is 1.47. The molecular formula is C22H24F3N3O2. The molecular weight excluding hydrogens is 395 g/mol. The first kappa shape index (κ1) is 20.7. The lowest BCUT2D eigenvalue weighted by Gasteiger charge is -2.22. The summed E-state index contributed by atoms with van der Waals surface area (Å²) in [4.78, 5) is 17.0. The average Bonchev–Trinajstić information content (AvgIpc) is 3.58. The van der Waals surface area contributed by atoms with Gasteiger partial charge in [-0.2, -0.15) is 13.2 Å². The highest BCUT2D eigenvalue weighted by Crippen LogP contribution is 2.42. The van der Waals surface area contributed by atoms with Crippen LogP contribution in [0.5, 0.6) is 0 Å². The SMILES string of the molecule is O=C(NCC1CCOCC1)c1cnc(Nc2cccc(C(F)(F)F)c2)cc1C1CC1. The summed E-state index contributed by atoms with van der Waals surface area (Å²) in [6.45, 7) is 2.06. The van der Waals surface area contributed by atoms with Gasteiger partial charge in [0.05, 0.1) is 11.1 Å². The van der Waals surface area contributed by atoms with E-state index in [0.717, 1.165) is 56.6 Å². The number of amides is 1. The van der Waals surface area contributed by atoms with E-state index in [2.05, 4.69) is 15.6 Å². The lowest BCUT2D eigenvalue weighted by Crippen LogP contribution is -2.32. The first-order valence-electron chi connectivity index (χ1n) is 10.2. The molecule has 0 bridgehead atoms. The van der Waals surface area contributed by atoms with Crippen LogP contribution in [0, 0.1) is 5.92 Å². The third-order valence-electron chi connectivity index (χ3n) is 5.55. The Morgan fingerprint density at radius 2 is 1.90 bits per heavy atom. The molecule has 1 aliphatic carbocycles. The van der Waals surface area contributed by atoms with Crippen molar-refractivity contribution in [3.63, 3.8) is 0 Å². The number of anilines is 2. The molecule has 30 heavy (non-hydrogen) atoms. The number of ether oxygens (including phenoxy) is 1. The highest BCUT2D eigenvalue weighted by atomic mass is 19.4. The number of hydrogen-bond acceptors (Lipinski definition) is 4. The monoisotopic (exact) mass is 419 g/mol. The van der Waals surface area contributed by atoms with Crippen LogP contribution in [-0.4, -0.2) is 30.6 Å². The Morgan fingerprint density at radius 3 is 2.60 bits per heavy atom. The van der Waals surface area contributed by atoms with E-state index in [1.165, 1.54) is 12.3 Å². The summed E-state index contributed by atoms with van der Waals surface area (Å²) >= 11 is 0. The van der Waals surface area contributed by atoms with Crippen LogP contribution >= 0.6 is 0 Å². The number of benzene rings is 1. The second-order valence-electron chi connectivity index (χ2n) is 7.90. The van der Waals surface area contributed by atoms with Crippen LogP contribution in [0.25, 0.3) is 0 Å². The molecule has 160 valence electrons. The van der Waals surface area contributed by atoms with Crippen LogP contribution in [0.3, 0.4) is 0 Å². The average molecular weight is 419 g/mol. The highest BCUT2D eigenvalue weighted by molar-refractivity contribution is 5.96. The van der Waals surface area contributed by atoms with E-state index in [-0.39, 0.29) is 5.91 Å². The fourth-order valence-corrected chi connectivity index (χ4v) is 3.67. The Morgan fingerprint density at radius 1 is 1.13 bits per heavy atom. The number of hydrogen-bond donors (Lipinski definition) is 2. The van der Waals surface area contributed by atoms with Gasteiger partial charge in [0.2, 0.25) is 0 Å². The number of nitrogens with one attached hydrogen (secondary N) is 2. The lowest BCUT2D eigenvalue weighted by molar-refractivity contribution is -0.137. The standard InChI is InChI=1S/C22H24F3N3O2/c23-22(24,25)16-2-1-3-17(10-16)28-20-11-18(15-4-5-15)19(13-26-20)21(29)27-12-14-6-8-30-9-7-14/h1-3,10-11,13-15H,4-9,12H2,(H,26,28)(H,27,29). The van der Waals surface area contributed by atoms with Crippen LogP contribution in [0.1, 0.15) is 53.1 Å². The normalized spacial score (nSPS) is 17.6. The Kier molecular flexibility index (Phi) is 5.94. The largest absolute Gasteiger partial charge is 0.416 e. The minimum Gasteiger partial charge on any atom is -0.381 e. The van der Waals surface area contributed by atoms with Crippen LogP contribution in [0.15, 0.2) is 36.5 Å². The second kappa shape index (κ2) is 8.63. The highest BCUT2D eigenvalue weighted by Gasteiger charge is 2.31. The maximum absolute atomic E-state index is 12.9. The molecule has 8 heteroatoms. The Labute approximate surface area is 173 Å². The number of halogens is 3. The van der Waals surface area contributed by atoms with E-state index in [4.69, 9.17) is 4.74 Å². The molecule has 4 rings (SSSR count). The maximum Gasteiger partial charge on any atom is 0.416 e. The van der Waals surface area contributed by atoms with Crippen molar-refractivity contribution >= 4 is 17.4 Å². The van der Waals surface area contributed by atoms with Gasteiger partial charge in [-0.1, -0.05) is 6.07 Å². The van der Waals surface area contributed by atoms with Crippen molar-refractivity contribution < 1.29 is 22.7 Å². The van der Waals surface area contributed by atoms with Gasteiger partial charge in [0, 0.05) is 31.6 Å².